The molecule has 1 amide bonds. The number of carbonyl (C=O) groups is 1. The molecule has 0 aliphatic heterocycles. The number of amides is 1. The average molecular weight is 358 g/mol. The fourth-order valence-corrected chi connectivity index (χ4v) is 3.00. The first-order valence-electron chi connectivity index (χ1n) is 8.66. The summed E-state index contributed by atoms with van der Waals surface area (Å²) in [6, 6.07) is 20.4. The molecular formula is C21H18N4O2. The smallest absolute Gasteiger partial charge is 0.273 e. The Morgan fingerprint density at radius 2 is 1.74 bits per heavy atom. The zero-order valence-electron chi connectivity index (χ0n) is 14.7. The number of benzene rings is 2. The molecule has 2 aromatic carbocycles. The van der Waals surface area contributed by atoms with E-state index in [1.807, 2.05) is 67.6 Å². The molecule has 134 valence electrons. The second-order valence-corrected chi connectivity index (χ2v) is 6.30. The number of fused-ring (bicyclic) bond motifs is 1. The number of aromatic amines is 1. The second kappa shape index (κ2) is 6.92. The van der Waals surface area contributed by atoms with Crippen LogP contribution in [0.25, 0.3) is 16.9 Å². The molecule has 1 atom stereocenters. The largest absolute Gasteiger partial charge is 0.345 e. The maximum atomic E-state index is 12.8. The SMILES string of the molecule is CC(NC(=O)c1c[nH]n2c(=O)cc(-c3ccccc3)nc12)c1ccccc1. The molecular weight excluding hydrogens is 340 g/mol. The second-order valence-electron chi connectivity index (χ2n) is 6.30. The minimum Gasteiger partial charge on any atom is -0.345 e. The van der Waals surface area contributed by atoms with Crippen LogP contribution in [-0.2, 0) is 0 Å². The van der Waals surface area contributed by atoms with Crippen LogP contribution in [0.2, 0.25) is 0 Å². The standard InChI is InChI=1S/C21H18N4O2/c1-14(15-8-4-2-5-9-15)23-21(27)17-13-22-25-19(26)12-18(24-20(17)25)16-10-6-3-7-11-16/h2-14,22H,1H3,(H,23,27). The van der Waals surface area contributed by atoms with E-state index in [2.05, 4.69) is 15.4 Å². The molecule has 2 heterocycles. The third-order valence-corrected chi connectivity index (χ3v) is 4.46. The first-order valence-corrected chi connectivity index (χ1v) is 8.66. The molecule has 0 radical (unpaired) electrons. The number of hydrogen-bond acceptors (Lipinski definition) is 3. The Hall–Kier alpha value is -3.67. The Morgan fingerprint density at radius 1 is 1.07 bits per heavy atom. The Balaban J connectivity index is 1.71. The van der Waals surface area contributed by atoms with Crippen LogP contribution in [0.15, 0.2) is 77.7 Å². The molecule has 0 fully saturated rings. The highest BCUT2D eigenvalue weighted by Gasteiger charge is 2.18. The minimum atomic E-state index is -0.290. The summed E-state index contributed by atoms with van der Waals surface area (Å²) < 4.78 is 1.27. The number of H-pyrrole nitrogens is 1. The van der Waals surface area contributed by atoms with E-state index in [1.54, 1.807) is 0 Å². The van der Waals surface area contributed by atoms with Gasteiger partial charge in [-0.1, -0.05) is 60.7 Å². The lowest BCUT2D eigenvalue weighted by Gasteiger charge is -2.13. The lowest BCUT2D eigenvalue weighted by Crippen LogP contribution is -2.27. The highest BCUT2D eigenvalue weighted by atomic mass is 16.2. The molecule has 2 aromatic heterocycles. The van der Waals surface area contributed by atoms with Crippen LogP contribution >= 0.6 is 0 Å². The Kier molecular flexibility index (Phi) is 4.30. The summed E-state index contributed by atoms with van der Waals surface area (Å²) in [5.74, 6) is -0.290. The lowest BCUT2D eigenvalue weighted by molar-refractivity contribution is 0.0941. The van der Waals surface area contributed by atoms with Crippen molar-refractivity contribution < 1.29 is 4.79 Å². The van der Waals surface area contributed by atoms with Crippen LogP contribution in [0, 0.1) is 0 Å². The van der Waals surface area contributed by atoms with Gasteiger partial charge in [-0.2, -0.15) is 0 Å². The van der Waals surface area contributed by atoms with E-state index in [0.717, 1.165) is 11.1 Å². The van der Waals surface area contributed by atoms with Crippen LogP contribution in [0.3, 0.4) is 0 Å². The molecule has 4 rings (SSSR count). The van der Waals surface area contributed by atoms with Crippen molar-refractivity contribution in [2.45, 2.75) is 13.0 Å². The number of carbonyl (C=O) groups excluding carboxylic acids is 1. The number of hydrogen-bond donors (Lipinski definition) is 2. The third-order valence-electron chi connectivity index (χ3n) is 4.46. The van der Waals surface area contributed by atoms with Crippen molar-refractivity contribution in [3.63, 3.8) is 0 Å². The molecule has 0 spiro atoms. The van der Waals surface area contributed by atoms with E-state index in [9.17, 15) is 9.59 Å². The van der Waals surface area contributed by atoms with Gasteiger partial charge in [0.1, 0.15) is 5.56 Å². The van der Waals surface area contributed by atoms with E-state index in [1.165, 1.54) is 16.8 Å². The summed E-state index contributed by atoms with van der Waals surface area (Å²) in [6.45, 7) is 1.91. The molecule has 4 aromatic rings. The summed E-state index contributed by atoms with van der Waals surface area (Å²) in [5, 5.41) is 5.76. The minimum absolute atomic E-state index is 0.169. The molecule has 1 unspecified atom stereocenters. The van der Waals surface area contributed by atoms with Crippen LogP contribution in [-0.4, -0.2) is 20.5 Å². The highest BCUT2D eigenvalue weighted by Crippen LogP contribution is 2.18. The summed E-state index contributed by atoms with van der Waals surface area (Å²) in [6.07, 6.45) is 1.51. The summed E-state index contributed by atoms with van der Waals surface area (Å²) >= 11 is 0. The molecule has 0 saturated heterocycles. The predicted molar refractivity (Wildman–Crippen MR) is 104 cm³/mol. The molecule has 0 aliphatic carbocycles. The van der Waals surface area contributed by atoms with Crippen molar-refractivity contribution in [2.24, 2.45) is 0 Å². The molecule has 2 N–H and O–H groups in total. The van der Waals surface area contributed by atoms with Crippen molar-refractivity contribution in [2.75, 3.05) is 0 Å². The maximum Gasteiger partial charge on any atom is 0.273 e. The van der Waals surface area contributed by atoms with Crippen molar-refractivity contribution in [1.82, 2.24) is 19.9 Å². The van der Waals surface area contributed by atoms with Crippen LogP contribution < -0.4 is 10.9 Å². The van der Waals surface area contributed by atoms with Gasteiger partial charge >= 0.3 is 0 Å². The topological polar surface area (TPSA) is 79.3 Å². The third kappa shape index (κ3) is 3.25. The highest BCUT2D eigenvalue weighted by molar-refractivity contribution is 6.00. The Labute approximate surface area is 155 Å². The Morgan fingerprint density at radius 3 is 2.44 bits per heavy atom. The van der Waals surface area contributed by atoms with Gasteiger partial charge in [0, 0.05) is 17.8 Å². The van der Waals surface area contributed by atoms with E-state index < -0.39 is 0 Å². The van der Waals surface area contributed by atoms with Gasteiger partial charge in [0.2, 0.25) is 0 Å². The zero-order valence-corrected chi connectivity index (χ0v) is 14.7. The summed E-state index contributed by atoms with van der Waals surface area (Å²) in [7, 11) is 0. The van der Waals surface area contributed by atoms with Crippen molar-refractivity contribution >= 4 is 11.6 Å². The lowest BCUT2D eigenvalue weighted by atomic mass is 10.1. The van der Waals surface area contributed by atoms with Gasteiger partial charge in [-0.05, 0) is 12.5 Å². The van der Waals surface area contributed by atoms with Crippen molar-refractivity contribution in [3.8, 4) is 11.3 Å². The molecule has 0 aliphatic rings. The molecule has 6 nitrogen and oxygen atoms in total. The monoisotopic (exact) mass is 358 g/mol. The fraction of sp³-hybridized carbons (Fsp3) is 0.0952. The van der Waals surface area contributed by atoms with Crippen LogP contribution in [0.1, 0.15) is 28.9 Å². The van der Waals surface area contributed by atoms with Gasteiger partial charge in [-0.3, -0.25) is 14.7 Å². The van der Waals surface area contributed by atoms with Gasteiger partial charge in [-0.15, -0.1) is 0 Å². The molecule has 6 heteroatoms. The van der Waals surface area contributed by atoms with Crippen LogP contribution in [0.4, 0.5) is 0 Å². The number of rotatable bonds is 4. The number of nitrogens with one attached hydrogen (secondary N) is 2. The molecule has 27 heavy (non-hydrogen) atoms. The van der Waals surface area contributed by atoms with Gasteiger partial charge in [0.05, 0.1) is 11.7 Å². The molecule has 0 saturated carbocycles. The van der Waals surface area contributed by atoms with Gasteiger partial charge < -0.3 is 5.32 Å². The summed E-state index contributed by atoms with van der Waals surface area (Å²) in [5.41, 5.74) is 2.72. The predicted octanol–water partition coefficient (Wildman–Crippen LogP) is 3.18. The molecule has 0 bridgehead atoms. The van der Waals surface area contributed by atoms with Gasteiger partial charge in [0.25, 0.3) is 11.5 Å². The zero-order chi connectivity index (χ0) is 18.8. The maximum absolute atomic E-state index is 12.8. The Bertz CT molecular complexity index is 1150. The summed E-state index contributed by atoms with van der Waals surface area (Å²) in [4.78, 5) is 29.7. The number of nitrogens with zero attached hydrogens (tertiary/aromatic N) is 2. The average Bonchev–Trinajstić information content (AvgIpc) is 3.14. The van der Waals surface area contributed by atoms with E-state index in [-0.39, 0.29) is 17.5 Å². The van der Waals surface area contributed by atoms with Crippen molar-refractivity contribution in [3.05, 3.63) is 94.4 Å². The van der Waals surface area contributed by atoms with Crippen molar-refractivity contribution in [1.29, 1.82) is 0 Å². The normalized spacial score (nSPS) is 12.0. The van der Waals surface area contributed by atoms with Gasteiger partial charge in [-0.25, -0.2) is 9.50 Å². The van der Waals surface area contributed by atoms with Gasteiger partial charge in [0.15, 0.2) is 5.65 Å². The fourth-order valence-electron chi connectivity index (χ4n) is 3.00. The van der Waals surface area contributed by atoms with Crippen LogP contribution in [0.5, 0.6) is 0 Å². The first kappa shape index (κ1) is 16.8. The van der Waals surface area contributed by atoms with E-state index in [0.29, 0.717) is 16.9 Å². The first-order chi connectivity index (χ1) is 13.1. The number of aromatic nitrogens is 3. The quantitative estimate of drug-likeness (QED) is 0.588. The van der Waals surface area contributed by atoms with E-state index >= 15 is 0 Å². The van der Waals surface area contributed by atoms with E-state index in [4.69, 9.17) is 0 Å².